The lowest BCUT2D eigenvalue weighted by Gasteiger charge is -2.39. The number of amides is 2. The average molecular weight is 384 g/mol. The normalized spacial score (nSPS) is 37.5. The van der Waals surface area contributed by atoms with Crippen molar-refractivity contribution in [2.45, 2.75) is 57.9 Å². The number of fused-ring (bicyclic) bond motifs is 2. The first-order chi connectivity index (χ1) is 12.0. The number of piperidine rings is 2. The zero-order chi connectivity index (χ0) is 17.6. The van der Waals surface area contributed by atoms with E-state index >= 15 is 0 Å². The van der Waals surface area contributed by atoms with E-state index in [1.807, 2.05) is 4.90 Å². The van der Waals surface area contributed by atoms with Crippen molar-refractivity contribution in [1.29, 1.82) is 0 Å². The van der Waals surface area contributed by atoms with Crippen LogP contribution in [0.3, 0.4) is 0 Å². The molecule has 0 aromatic carbocycles. The highest BCUT2D eigenvalue weighted by Gasteiger charge is 2.50. The van der Waals surface area contributed by atoms with Crippen molar-refractivity contribution in [3.8, 4) is 0 Å². The summed E-state index contributed by atoms with van der Waals surface area (Å²) < 4.78 is 0. The van der Waals surface area contributed by atoms with Crippen molar-refractivity contribution in [1.82, 2.24) is 9.80 Å². The van der Waals surface area contributed by atoms with E-state index in [0.717, 1.165) is 51.9 Å². The van der Waals surface area contributed by atoms with Gasteiger partial charge in [0, 0.05) is 38.1 Å². The van der Waals surface area contributed by atoms with Gasteiger partial charge in [-0.3, -0.25) is 9.59 Å². The molecule has 2 aliphatic heterocycles. The highest BCUT2D eigenvalue weighted by molar-refractivity contribution is 5.85. The molecule has 2 aliphatic carbocycles. The van der Waals surface area contributed by atoms with Crippen LogP contribution in [0.5, 0.6) is 0 Å². The van der Waals surface area contributed by atoms with Gasteiger partial charge in [0.05, 0.1) is 5.92 Å². The number of rotatable bonds is 2. The maximum Gasteiger partial charge on any atom is 0.227 e. The molecule has 0 aromatic rings. The maximum absolute atomic E-state index is 13.0. The average Bonchev–Trinajstić information content (AvgIpc) is 3.22. The monoisotopic (exact) mass is 383 g/mol. The van der Waals surface area contributed by atoms with Gasteiger partial charge in [0.15, 0.2) is 0 Å². The third-order valence-electron chi connectivity index (χ3n) is 7.39. The number of hydrogen-bond donors (Lipinski definition) is 1. The number of likely N-dealkylation sites (tertiary alicyclic amines) is 2. The zero-order valence-corrected chi connectivity index (χ0v) is 16.8. The summed E-state index contributed by atoms with van der Waals surface area (Å²) in [5.41, 5.74) is 6.35. The molecule has 2 saturated heterocycles. The molecule has 0 spiro atoms. The molecule has 6 heteroatoms. The summed E-state index contributed by atoms with van der Waals surface area (Å²) >= 11 is 0. The SMILES string of the molecule is CC1CCCN(C(=O)C2CCN(C(=O)C3C4CCC(C4)C3N)CC2)C1.Cl. The number of hydrogen-bond acceptors (Lipinski definition) is 3. The summed E-state index contributed by atoms with van der Waals surface area (Å²) in [5, 5.41) is 0. The van der Waals surface area contributed by atoms with Gasteiger partial charge in [-0.1, -0.05) is 6.92 Å². The second-order valence-electron chi connectivity index (χ2n) is 9.07. The first-order valence-corrected chi connectivity index (χ1v) is 10.4. The summed E-state index contributed by atoms with van der Waals surface area (Å²) in [4.78, 5) is 29.8. The van der Waals surface area contributed by atoms with E-state index in [4.69, 9.17) is 5.73 Å². The molecule has 5 unspecified atom stereocenters. The lowest BCUT2D eigenvalue weighted by Crippen LogP contribution is -2.51. The van der Waals surface area contributed by atoms with Crippen molar-refractivity contribution in [2.24, 2.45) is 35.3 Å². The minimum absolute atomic E-state index is 0. The molecule has 2 heterocycles. The van der Waals surface area contributed by atoms with Gasteiger partial charge in [-0.25, -0.2) is 0 Å². The molecule has 4 rings (SSSR count). The Morgan fingerprint density at radius 3 is 2.19 bits per heavy atom. The fourth-order valence-corrected chi connectivity index (χ4v) is 5.91. The largest absolute Gasteiger partial charge is 0.342 e. The van der Waals surface area contributed by atoms with Gasteiger partial charge in [0.2, 0.25) is 11.8 Å². The Balaban J connectivity index is 0.00000196. The first kappa shape index (κ1) is 19.9. The molecule has 148 valence electrons. The molecule has 4 aliphatic rings. The van der Waals surface area contributed by atoms with E-state index in [9.17, 15) is 9.59 Å². The van der Waals surface area contributed by atoms with Crippen molar-refractivity contribution in [3.05, 3.63) is 0 Å². The van der Waals surface area contributed by atoms with Crippen LogP contribution < -0.4 is 5.73 Å². The third-order valence-corrected chi connectivity index (χ3v) is 7.39. The molecule has 2 saturated carbocycles. The molecule has 2 N–H and O–H groups in total. The summed E-state index contributed by atoms with van der Waals surface area (Å²) in [6, 6.07) is 0.0699. The van der Waals surface area contributed by atoms with Gasteiger partial charge in [-0.05, 0) is 62.7 Å². The minimum Gasteiger partial charge on any atom is -0.342 e. The molecule has 0 aromatic heterocycles. The molecule has 4 fully saturated rings. The Bertz CT molecular complexity index is 533. The number of nitrogens with zero attached hydrogens (tertiary/aromatic N) is 2. The zero-order valence-electron chi connectivity index (χ0n) is 15.9. The third kappa shape index (κ3) is 3.62. The van der Waals surface area contributed by atoms with E-state index in [2.05, 4.69) is 11.8 Å². The smallest absolute Gasteiger partial charge is 0.227 e. The lowest BCUT2D eigenvalue weighted by atomic mass is 9.83. The second-order valence-corrected chi connectivity index (χ2v) is 9.07. The van der Waals surface area contributed by atoms with Crippen molar-refractivity contribution < 1.29 is 9.59 Å². The number of nitrogens with two attached hydrogens (primary N) is 1. The molecule has 5 atom stereocenters. The molecule has 0 radical (unpaired) electrons. The second kappa shape index (κ2) is 8.05. The molecule has 2 bridgehead atoms. The van der Waals surface area contributed by atoms with Crippen molar-refractivity contribution >= 4 is 24.2 Å². The van der Waals surface area contributed by atoms with Crippen molar-refractivity contribution in [2.75, 3.05) is 26.2 Å². The predicted molar refractivity (Wildman–Crippen MR) is 104 cm³/mol. The van der Waals surface area contributed by atoms with E-state index in [1.54, 1.807) is 0 Å². The number of carbonyl (C=O) groups excluding carboxylic acids is 2. The van der Waals surface area contributed by atoms with Crippen LogP contribution >= 0.6 is 12.4 Å². The Kier molecular flexibility index (Phi) is 6.18. The van der Waals surface area contributed by atoms with Gasteiger partial charge in [-0.15, -0.1) is 12.4 Å². The molecule has 2 amide bonds. The van der Waals surface area contributed by atoms with E-state index in [-0.39, 0.29) is 36.2 Å². The Morgan fingerprint density at radius 1 is 0.885 bits per heavy atom. The van der Waals surface area contributed by atoms with Crippen LogP contribution in [0.2, 0.25) is 0 Å². The van der Waals surface area contributed by atoms with Gasteiger partial charge in [0.1, 0.15) is 0 Å². The summed E-state index contributed by atoms with van der Waals surface area (Å²) in [6.07, 6.45) is 7.56. The Morgan fingerprint density at radius 2 is 1.58 bits per heavy atom. The molecule has 5 nitrogen and oxygen atoms in total. The number of carbonyl (C=O) groups is 2. The van der Waals surface area contributed by atoms with Crippen LogP contribution in [-0.2, 0) is 9.59 Å². The molecular formula is C20H34ClN3O2. The van der Waals surface area contributed by atoms with Gasteiger partial charge >= 0.3 is 0 Å². The predicted octanol–water partition coefficient (Wildman–Crippen LogP) is 2.28. The highest BCUT2D eigenvalue weighted by Crippen LogP contribution is 2.48. The quantitative estimate of drug-likeness (QED) is 0.795. The molecular weight excluding hydrogens is 350 g/mol. The summed E-state index contributed by atoms with van der Waals surface area (Å²) in [5.74, 6) is 2.48. The van der Waals surface area contributed by atoms with Crippen molar-refractivity contribution in [3.63, 3.8) is 0 Å². The van der Waals surface area contributed by atoms with Gasteiger partial charge in [0.25, 0.3) is 0 Å². The first-order valence-electron chi connectivity index (χ1n) is 10.4. The van der Waals surface area contributed by atoms with Crippen LogP contribution in [0.4, 0.5) is 0 Å². The Labute approximate surface area is 163 Å². The van der Waals surface area contributed by atoms with Crippen LogP contribution in [0, 0.1) is 29.6 Å². The summed E-state index contributed by atoms with van der Waals surface area (Å²) in [6.45, 7) is 5.54. The fraction of sp³-hybridized carbons (Fsp3) is 0.900. The van der Waals surface area contributed by atoms with Gasteiger partial charge < -0.3 is 15.5 Å². The molecule has 26 heavy (non-hydrogen) atoms. The van der Waals surface area contributed by atoms with E-state index in [0.29, 0.717) is 23.7 Å². The minimum atomic E-state index is 0. The fourth-order valence-electron chi connectivity index (χ4n) is 5.91. The van der Waals surface area contributed by atoms with Crippen LogP contribution in [-0.4, -0.2) is 53.8 Å². The highest BCUT2D eigenvalue weighted by atomic mass is 35.5. The maximum atomic E-state index is 13.0. The van der Waals surface area contributed by atoms with E-state index < -0.39 is 0 Å². The number of halogens is 1. The summed E-state index contributed by atoms with van der Waals surface area (Å²) in [7, 11) is 0. The lowest BCUT2D eigenvalue weighted by molar-refractivity contribution is -0.144. The van der Waals surface area contributed by atoms with E-state index in [1.165, 1.54) is 19.3 Å². The Hall–Kier alpha value is -0.810. The van der Waals surface area contributed by atoms with Crippen LogP contribution in [0.1, 0.15) is 51.9 Å². The van der Waals surface area contributed by atoms with Gasteiger partial charge in [-0.2, -0.15) is 0 Å². The van der Waals surface area contributed by atoms with Crippen LogP contribution in [0.25, 0.3) is 0 Å². The standard InChI is InChI=1S/C20H33N3O2.ClH/c1-13-3-2-8-23(12-13)19(24)14-6-9-22(10-7-14)20(25)17-15-4-5-16(11-15)18(17)21;/h13-18H,2-12,21H2,1H3;1H. The topological polar surface area (TPSA) is 66.6 Å². The van der Waals surface area contributed by atoms with Crippen LogP contribution in [0.15, 0.2) is 0 Å².